The number of hydrogen-bond donors (Lipinski definition) is 0. The molecule has 0 fully saturated rings. The first-order valence-corrected chi connectivity index (χ1v) is 6.76. The summed E-state index contributed by atoms with van der Waals surface area (Å²) in [7, 11) is 3.08. The standard InChI is InChI=1S/C17H17FN2O2/c1-20(12-14-3-5-16(22-2)15(18)11-14)17(21)6-4-13-7-9-19-10-8-13/h3-11H,12H2,1-2H3/b6-4+. The number of hydrogen-bond acceptors (Lipinski definition) is 3. The Morgan fingerprint density at radius 3 is 2.68 bits per heavy atom. The van der Waals surface area contributed by atoms with Crippen LogP contribution in [0, 0.1) is 5.82 Å². The fraction of sp³-hybridized carbons (Fsp3) is 0.176. The molecule has 0 unspecified atom stereocenters. The SMILES string of the molecule is COc1ccc(CN(C)C(=O)/C=C/c2ccncc2)cc1F. The predicted octanol–water partition coefficient (Wildman–Crippen LogP) is 2.90. The average Bonchev–Trinajstić information content (AvgIpc) is 2.53. The molecule has 0 aliphatic rings. The van der Waals surface area contributed by atoms with Gasteiger partial charge in [-0.05, 0) is 41.5 Å². The molecule has 2 rings (SSSR count). The van der Waals surface area contributed by atoms with E-state index in [1.165, 1.54) is 24.2 Å². The van der Waals surface area contributed by atoms with Crippen molar-refractivity contribution in [3.05, 3.63) is 65.7 Å². The zero-order valence-corrected chi connectivity index (χ0v) is 12.5. The lowest BCUT2D eigenvalue weighted by atomic mass is 10.2. The lowest BCUT2D eigenvalue weighted by molar-refractivity contribution is -0.125. The molecule has 0 radical (unpaired) electrons. The van der Waals surface area contributed by atoms with E-state index in [1.807, 2.05) is 12.1 Å². The topological polar surface area (TPSA) is 42.4 Å². The van der Waals surface area contributed by atoms with E-state index in [9.17, 15) is 9.18 Å². The molecule has 114 valence electrons. The van der Waals surface area contributed by atoms with Crippen LogP contribution in [0.15, 0.2) is 48.8 Å². The average molecular weight is 300 g/mol. The summed E-state index contributed by atoms with van der Waals surface area (Å²) in [5, 5.41) is 0. The molecule has 0 bridgehead atoms. The molecule has 0 aliphatic heterocycles. The molecule has 0 spiro atoms. The number of methoxy groups -OCH3 is 1. The van der Waals surface area contributed by atoms with Gasteiger partial charge in [0.05, 0.1) is 7.11 Å². The monoisotopic (exact) mass is 300 g/mol. The van der Waals surface area contributed by atoms with Crippen molar-refractivity contribution in [2.24, 2.45) is 0 Å². The van der Waals surface area contributed by atoms with Gasteiger partial charge in [-0.1, -0.05) is 6.07 Å². The number of pyridine rings is 1. The van der Waals surface area contributed by atoms with Crippen LogP contribution in [0.2, 0.25) is 0 Å². The summed E-state index contributed by atoms with van der Waals surface area (Å²) in [6, 6.07) is 8.27. The molecule has 0 aliphatic carbocycles. The number of benzene rings is 1. The summed E-state index contributed by atoms with van der Waals surface area (Å²) in [6.07, 6.45) is 6.52. The third-order valence-corrected chi connectivity index (χ3v) is 3.14. The Morgan fingerprint density at radius 2 is 2.05 bits per heavy atom. The fourth-order valence-corrected chi connectivity index (χ4v) is 1.93. The zero-order chi connectivity index (χ0) is 15.9. The van der Waals surface area contributed by atoms with Crippen LogP contribution in [0.5, 0.6) is 5.75 Å². The zero-order valence-electron chi connectivity index (χ0n) is 12.5. The minimum Gasteiger partial charge on any atom is -0.494 e. The second-order valence-electron chi connectivity index (χ2n) is 4.78. The molecule has 1 aromatic heterocycles. The van der Waals surface area contributed by atoms with Gasteiger partial charge < -0.3 is 9.64 Å². The van der Waals surface area contributed by atoms with Gasteiger partial charge in [0.25, 0.3) is 0 Å². The molecule has 0 saturated heterocycles. The number of carbonyl (C=O) groups excluding carboxylic acids is 1. The van der Waals surface area contributed by atoms with Crippen molar-refractivity contribution in [1.82, 2.24) is 9.88 Å². The number of nitrogens with zero attached hydrogens (tertiary/aromatic N) is 2. The molecule has 2 aromatic rings. The Balaban J connectivity index is 1.99. The van der Waals surface area contributed by atoms with Crippen LogP contribution in [-0.2, 0) is 11.3 Å². The van der Waals surface area contributed by atoms with Gasteiger partial charge in [0.15, 0.2) is 11.6 Å². The van der Waals surface area contributed by atoms with Crippen LogP contribution >= 0.6 is 0 Å². The van der Waals surface area contributed by atoms with E-state index in [0.29, 0.717) is 12.1 Å². The first-order valence-electron chi connectivity index (χ1n) is 6.76. The Kier molecular flexibility index (Phi) is 5.25. The molecule has 4 nitrogen and oxygen atoms in total. The van der Waals surface area contributed by atoms with E-state index in [4.69, 9.17) is 4.74 Å². The van der Waals surface area contributed by atoms with Gasteiger partial charge in [0.2, 0.25) is 5.91 Å². The van der Waals surface area contributed by atoms with Gasteiger partial charge in [0.1, 0.15) is 0 Å². The molecule has 1 aromatic carbocycles. The van der Waals surface area contributed by atoms with Crippen LogP contribution in [0.1, 0.15) is 11.1 Å². The summed E-state index contributed by atoms with van der Waals surface area (Å²) >= 11 is 0. The van der Waals surface area contributed by atoms with Crippen molar-refractivity contribution < 1.29 is 13.9 Å². The molecule has 1 amide bonds. The van der Waals surface area contributed by atoms with E-state index in [0.717, 1.165) is 5.56 Å². The minimum atomic E-state index is -0.437. The molecule has 5 heteroatoms. The van der Waals surface area contributed by atoms with Gasteiger partial charge >= 0.3 is 0 Å². The van der Waals surface area contributed by atoms with Crippen molar-refractivity contribution in [3.8, 4) is 5.75 Å². The maximum absolute atomic E-state index is 13.6. The van der Waals surface area contributed by atoms with E-state index in [1.54, 1.807) is 37.7 Å². The van der Waals surface area contributed by atoms with Gasteiger partial charge in [-0.2, -0.15) is 0 Å². The van der Waals surface area contributed by atoms with Crippen molar-refractivity contribution in [2.45, 2.75) is 6.54 Å². The van der Waals surface area contributed by atoms with Gasteiger partial charge in [-0.15, -0.1) is 0 Å². The summed E-state index contributed by atoms with van der Waals surface area (Å²) in [5.74, 6) is -0.406. The first kappa shape index (κ1) is 15.7. The van der Waals surface area contributed by atoms with Crippen molar-refractivity contribution >= 4 is 12.0 Å². The third-order valence-electron chi connectivity index (χ3n) is 3.14. The smallest absolute Gasteiger partial charge is 0.246 e. The summed E-state index contributed by atoms with van der Waals surface area (Å²) in [5.41, 5.74) is 1.60. The van der Waals surface area contributed by atoms with Crippen LogP contribution in [0.25, 0.3) is 6.08 Å². The quantitative estimate of drug-likeness (QED) is 0.797. The number of amides is 1. The number of ether oxygens (including phenoxy) is 1. The lowest BCUT2D eigenvalue weighted by Crippen LogP contribution is -2.24. The van der Waals surface area contributed by atoms with E-state index < -0.39 is 5.82 Å². The second kappa shape index (κ2) is 7.36. The van der Waals surface area contributed by atoms with Crippen LogP contribution < -0.4 is 4.74 Å². The Bertz CT molecular complexity index is 672. The Hall–Kier alpha value is -2.69. The van der Waals surface area contributed by atoms with E-state index >= 15 is 0 Å². The molecule has 0 N–H and O–H groups in total. The number of aromatic nitrogens is 1. The largest absolute Gasteiger partial charge is 0.494 e. The van der Waals surface area contributed by atoms with E-state index in [2.05, 4.69) is 4.98 Å². The summed E-state index contributed by atoms with van der Waals surface area (Å²) in [4.78, 5) is 17.5. The van der Waals surface area contributed by atoms with Crippen molar-refractivity contribution in [1.29, 1.82) is 0 Å². The molecule has 22 heavy (non-hydrogen) atoms. The number of rotatable bonds is 5. The minimum absolute atomic E-state index is 0.159. The maximum Gasteiger partial charge on any atom is 0.246 e. The second-order valence-corrected chi connectivity index (χ2v) is 4.78. The van der Waals surface area contributed by atoms with Crippen LogP contribution in [-0.4, -0.2) is 29.9 Å². The van der Waals surface area contributed by atoms with Crippen LogP contribution in [0.4, 0.5) is 4.39 Å². The normalized spacial score (nSPS) is 10.7. The highest BCUT2D eigenvalue weighted by atomic mass is 19.1. The molecule has 0 saturated carbocycles. The molecule has 1 heterocycles. The number of halogens is 1. The highest BCUT2D eigenvalue weighted by molar-refractivity contribution is 5.91. The number of likely N-dealkylation sites (N-methyl/N-ethyl adjacent to an activating group) is 1. The predicted molar refractivity (Wildman–Crippen MR) is 82.7 cm³/mol. The van der Waals surface area contributed by atoms with Gasteiger partial charge in [-0.25, -0.2) is 4.39 Å². The van der Waals surface area contributed by atoms with Gasteiger partial charge in [-0.3, -0.25) is 9.78 Å². The third kappa shape index (κ3) is 4.15. The lowest BCUT2D eigenvalue weighted by Gasteiger charge is -2.15. The maximum atomic E-state index is 13.6. The van der Waals surface area contributed by atoms with Gasteiger partial charge in [0, 0.05) is 32.1 Å². The van der Waals surface area contributed by atoms with Crippen LogP contribution in [0.3, 0.4) is 0 Å². The molecule has 0 atom stereocenters. The Labute approximate surface area is 128 Å². The fourth-order valence-electron chi connectivity index (χ4n) is 1.93. The van der Waals surface area contributed by atoms with Crippen molar-refractivity contribution in [2.75, 3.05) is 14.2 Å². The highest BCUT2D eigenvalue weighted by Gasteiger charge is 2.08. The number of carbonyl (C=O) groups is 1. The first-order chi connectivity index (χ1) is 10.6. The Morgan fingerprint density at radius 1 is 1.32 bits per heavy atom. The summed E-state index contributed by atoms with van der Waals surface area (Å²) < 4.78 is 18.5. The van der Waals surface area contributed by atoms with Crippen molar-refractivity contribution in [3.63, 3.8) is 0 Å². The van der Waals surface area contributed by atoms with E-state index in [-0.39, 0.29) is 11.7 Å². The molecular formula is C17H17FN2O2. The highest BCUT2D eigenvalue weighted by Crippen LogP contribution is 2.18. The summed E-state index contributed by atoms with van der Waals surface area (Å²) in [6.45, 7) is 0.320. The molecular weight excluding hydrogens is 283 g/mol.